The Hall–Kier alpha value is -2.93. The van der Waals surface area contributed by atoms with Gasteiger partial charge in [0.15, 0.2) is 0 Å². The minimum atomic E-state index is -0.451. The van der Waals surface area contributed by atoms with E-state index in [0.29, 0.717) is 23.0 Å². The van der Waals surface area contributed by atoms with Crippen LogP contribution in [0.3, 0.4) is 0 Å². The van der Waals surface area contributed by atoms with Gasteiger partial charge in [0.25, 0.3) is 5.56 Å². The predicted octanol–water partition coefficient (Wildman–Crippen LogP) is 3.31. The third-order valence-electron chi connectivity index (χ3n) is 4.57. The normalized spacial score (nSPS) is 11.8. The summed E-state index contributed by atoms with van der Waals surface area (Å²) in [6, 6.07) is 11.0. The molecule has 0 saturated heterocycles. The molecule has 2 aromatic heterocycles. The molecular formula is C20H18ClFN4O2. The molecule has 0 spiro atoms. The van der Waals surface area contributed by atoms with Crippen molar-refractivity contribution in [3.63, 3.8) is 0 Å². The van der Waals surface area contributed by atoms with Crippen LogP contribution in [0.1, 0.15) is 19.4 Å². The zero-order valence-corrected chi connectivity index (χ0v) is 16.2. The molecule has 0 aliphatic rings. The predicted molar refractivity (Wildman–Crippen MR) is 107 cm³/mol. The van der Waals surface area contributed by atoms with E-state index in [4.69, 9.17) is 11.6 Å². The van der Waals surface area contributed by atoms with Crippen LogP contribution in [0.5, 0.6) is 0 Å². The molecule has 0 fully saturated rings. The molecule has 0 atom stereocenters. The first-order valence-electron chi connectivity index (χ1n) is 8.92. The third-order valence-corrected chi connectivity index (χ3v) is 4.92. The Kier molecular flexibility index (Phi) is 4.55. The van der Waals surface area contributed by atoms with Crippen molar-refractivity contribution < 1.29 is 4.39 Å². The van der Waals surface area contributed by atoms with Crippen molar-refractivity contribution in [2.24, 2.45) is 5.92 Å². The Morgan fingerprint density at radius 1 is 1.14 bits per heavy atom. The number of nitrogens with zero attached hydrogens (tertiary/aromatic N) is 4. The number of hydrogen-bond acceptors (Lipinski definition) is 3. The molecule has 28 heavy (non-hydrogen) atoms. The van der Waals surface area contributed by atoms with Gasteiger partial charge in [-0.1, -0.05) is 43.6 Å². The number of aromatic nitrogens is 4. The molecule has 4 rings (SSSR count). The summed E-state index contributed by atoms with van der Waals surface area (Å²) >= 11 is 6.11. The second-order valence-electron chi connectivity index (χ2n) is 7.14. The Balaban J connectivity index is 2.00. The van der Waals surface area contributed by atoms with Gasteiger partial charge in [-0.05, 0) is 35.7 Å². The van der Waals surface area contributed by atoms with E-state index in [1.54, 1.807) is 24.3 Å². The number of benzene rings is 2. The molecule has 0 radical (unpaired) electrons. The molecule has 6 nitrogen and oxygen atoms in total. The summed E-state index contributed by atoms with van der Waals surface area (Å²) in [5, 5.41) is 5.08. The maximum atomic E-state index is 13.3. The Labute approximate surface area is 164 Å². The monoisotopic (exact) mass is 400 g/mol. The van der Waals surface area contributed by atoms with Gasteiger partial charge in [-0.15, -0.1) is 5.10 Å². The molecule has 0 bridgehead atoms. The molecule has 144 valence electrons. The zero-order valence-electron chi connectivity index (χ0n) is 15.4. The molecule has 0 aliphatic carbocycles. The van der Waals surface area contributed by atoms with Crippen molar-refractivity contribution >= 4 is 28.3 Å². The van der Waals surface area contributed by atoms with E-state index in [2.05, 4.69) is 5.10 Å². The average molecular weight is 401 g/mol. The highest BCUT2D eigenvalue weighted by Gasteiger charge is 2.18. The lowest BCUT2D eigenvalue weighted by Gasteiger charge is -2.11. The maximum Gasteiger partial charge on any atom is 0.352 e. The van der Waals surface area contributed by atoms with Crippen LogP contribution in [0.25, 0.3) is 16.7 Å². The fraction of sp³-hybridized carbons (Fsp3) is 0.250. The largest absolute Gasteiger partial charge is 0.352 e. The quantitative estimate of drug-likeness (QED) is 0.528. The summed E-state index contributed by atoms with van der Waals surface area (Å²) in [7, 11) is 0. The first kappa shape index (κ1) is 18.4. The highest BCUT2D eigenvalue weighted by Crippen LogP contribution is 2.18. The number of para-hydroxylation sites is 1. The van der Waals surface area contributed by atoms with Crippen LogP contribution in [0.15, 0.2) is 52.1 Å². The maximum absolute atomic E-state index is 13.3. The molecule has 0 amide bonds. The highest BCUT2D eigenvalue weighted by atomic mass is 35.5. The van der Waals surface area contributed by atoms with E-state index in [1.165, 1.54) is 31.8 Å². The van der Waals surface area contributed by atoms with E-state index >= 15 is 0 Å². The summed E-state index contributed by atoms with van der Waals surface area (Å²) < 4.78 is 17.5. The van der Waals surface area contributed by atoms with Crippen molar-refractivity contribution in [1.29, 1.82) is 0 Å². The SMILES string of the molecule is CC(C)Cn1c(=O)c2ccccc2n2c(=O)n(Cc3ccc(F)cc3Cl)nc12. The van der Waals surface area contributed by atoms with Crippen LogP contribution in [0.4, 0.5) is 4.39 Å². The van der Waals surface area contributed by atoms with Gasteiger partial charge in [0.05, 0.1) is 17.4 Å². The second kappa shape index (κ2) is 6.91. The number of fused-ring (bicyclic) bond motifs is 3. The van der Waals surface area contributed by atoms with Crippen LogP contribution < -0.4 is 11.2 Å². The highest BCUT2D eigenvalue weighted by molar-refractivity contribution is 6.31. The van der Waals surface area contributed by atoms with Crippen LogP contribution >= 0.6 is 11.6 Å². The van der Waals surface area contributed by atoms with Crippen molar-refractivity contribution in [2.45, 2.75) is 26.9 Å². The molecule has 0 unspecified atom stereocenters. The van der Waals surface area contributed by atoms with Gasteiger partial charge in [-0.2, -0.15) is 0 Å². The lowest BCUT2D eigenvalue weighted by atomic mass is 10.2. The van der Waals surface area contributed by atoms with Crippen molar-refractivity contribution in [2.75, 3.05) is 0 Å². The minimum Gasteiger partial charge on any atom is -0.276 e. The van der Waals surface area contributed by atoms with Gasteiger partial charge >= 0.3 is 5.69 Å². The summed E-state index contributed by atoms with van der Waals surface area (Å²) in [6.07, 6.45) is 0. The van der Waals surface area contributed by atoms with Gasteiger partial charge in [-0.25, -0.2) is 18.3 Å². The van der Waals surface area contributed by atoms with E-state index in [1.807, 2.05) is 13.8 Å². The molecular weight excluding hydrogens is 383 g/mol. The van der Waals surface area contributed by atoms with Crippen molar-refractivity contribution in [1.82, 2.24) is 18.7 Å². The standard InChI is InChI=1S/C20H18ClFN4O2/c1-12(2)10-24-18(27)15-5-3-4-6-17(15)26-19(24)23-25(20(26)28)11-13-7-8-14(22)9-16(13)21/h3-9,12H,10-11H2,1-2H3. The topological polar surface area (TPSA) is 61.3 Å². The average Bonchev–Trinajstić information content (AvgIpc) is 2.97. The molecule has 4 aromatic rings. The molecule has 8 heteroatoms. The fourth-order valence-corrected chi connectivity index (χ4v) is 3.54. The Bertz CT molecular complexity index is 1320. The molecule has 2 heterocycles. The zero-order chi connectivity index (χ0) is 20.0. The van der Waals surface area contributed by atoms with Crippen LogP contribution in [0.2, 0.25) is 5.02 Å². The number of rotatable bonds is 4. The van der Waals surface area contributed by atoms with Crippen LogP contribution in [0, 0.1) is 11.7 Å². The third kappa shape index (κ3) is 3.01. The Morgan fingerprint density at radius 2 is 1.89 bits per heavy atom. The second-order valence-corrected chi connectivity index (χ2v) is 7.55. The first-order chi connectivity index (χ1) is 13.4. The van der Waals surface area contributed by atoms with Gasteiger partial charge in [0.2, 0.25) is 5.78 Å². The molecule has 0 aliphatic heterocycles. The number of hydrogen-bond donors (Lipinski definition) is 0. The Morgan fingerprint density at radius 3 is 2.61 bits per heavy atom. The van der Waals surface area contributed by atoms with E-state index in [9.17, 15) is 14.0 Å². The summed E-state index contributed by atoms with van der Waals surface area (Å²) in [5.74, 6) is 0.0166. The van der Waals surface area contributed by atoms with Crippen molar-refractivity contribution in [3.05, 3.63) is 79.7 Å². The van der Waals surface area contributed by atoms with E-state index in [-0.39, 0.29) is 34.5 Å². The van der Waals surface area contributed by atoms with Crippen LogP contribution in [-0.4, -0.2) is 18.7 Å². The van der Waals surface area contributed by atoms with Gasteiger partial charge in [0.1, 0.15) is 5.82 Å². The molecule has 2 aromatic carbocycles. The van der Waals surface area contributed by atoms with E-state index < -0.39 is 5.82 Å². The summed E-state index contributed by atoms with van der Waals surface area (Å²) in [6.45, 7) is 4.49. The molecule has 0 saturated carbocycles. The number of halogens is 2. The first-order valence-corrected chi connectivity index (χ1v) is 9.29. The minimum absolute atomic E-state index is 0.0732. The van der Waals surface area contributed by atoms with Gasteiger partial charge < -0.3 is 0 Å². The van der Waals surface area contributed by atoms with Gasteiger partial charge in [0, 0.05) is 11.6 Å². The fourth-order valence-electron chi connectivity index (χ4n) is 3.31. The lowest BCUT2D eigenvalue weighted by molar-refractivity contribution is 0.516. The smallest absolute Gasteiger partial charge is 0.276 e. The van der Waals surface area contributed by atoms with E-state index in [0.717, 1.165) is 0 Å². The molecule has 0 N–H and O–H groups in total. The summed E-state index contributed by atoms with van der Waals surface area (Å²) in [4.78, 5) is 26.1. The van der Waals surface area contributed by atoms with Gasteiger partial charge in [-0.3, -0.25) is 9.36 Å². The summed E-state index contributed by atoms with van der Waals surface area (Å²) in [5.41, 5.74) is 0.498. The lowest BCUT2D eigenvalue weighted by Crippen LogP contribution is -2.27. The van der Waals surface area contributed by atoms with Crippen molar-refractivity contribution in [3.8, 4) is 0 Å². The van der Waals surface area contributed by atoms with Crippen LogP contribution in [-0.2, 0) is 13.1 Å².